The zero-order valence-electron chi connectivity index (χ0n) is 35.3. The molecule has 7 unspecified atom stereocenters. The number of nitrogens with zero attached hydrogens (tertiary/aromatic N) is 1. The van der Waals surface area contributed by atoms with Crippen LogP contribution in [0.3, 0.4) is 0 Å². The number of rotatable bonds is 6. The van der Waals surface area contributed by atoms with E-state index in [0.717, 1.165) is 31.3 Å². The van der Waals surface area contributed by atoms with E-state index in [-0.39, 0.29) is 16.4 Å². The normalized spacial score (nSPS) is 37.8. The van der Waals surface area contributed by atoms with E-state index in [1.165, 1.54) is 68.9 Å². The van der Waals surface area contributed by atoms with E-state index in [0.29, 0.717) is 52.8 Å². The van der Waals surface area contributed by atoms with Crippen molar-refractivity contribution in [2.24, 2.45) is 45.3 Å². The number of aromatic carboxylic acids is 1. The Balaban J connectivity index is 0.000000841. The van der Waals surface area contributed by atoms with Gasteiger partial charge < -0.3 is 15.3 Å². The van der Waals surface area contributed by atoms with Crippen LogP contribution in [0.5, 0.6) is 0 Å². The van der Waals surface area contributed by atoms with Gasteiger partial charge >= 0.3 is 5.97 Å². The molecule has 1 aromatic rings. The van der Waals surface area contributed by atoms with Crippen LogP contribution >= 0.6 is 0 Å². The van der Waals surface area contributed by atoms with Gasteiger partial charge in [-0.1, -0.05) is 93.0 Å². The number of sulfone groups is 1. The Morgan fingerprint density at radius 2 is 1.49 bits per heavy atom. The van der Waals surface area contributed by atoms with E-state index >= 15 is 0 Å². The summed E-state index contributed by atoms with van der Waals surface area (Å²) >= 11 is 0. The molecule has 6 nitrogen and oxygen atoms in total. The van der Waals surface area contributed by atoms with Crippen LogP contribution in [-0.2, 0) is 9.84 Å². The van der Waals surface area contributed by atoms with Gasteiger partial charge in [0.15, 0.2) is 9.84 Å². The first-order valence-electron chi connectivity index (χ1n) is 21.4. The summed E-state index contributed by atoms with van der Waals surface area (Å²) in [5.41, 5.74) is 4.19. The van der Waals surface area contributed by atoms with Crippen molar-refractivity contribution in [3.8, 4) is 0 Å². The van der Waals surface area contributed by atoms with Gasteiger partial charge in [-0.05, 0) is 133 Å². The summed E-state index contributed by atoms with van der Waals surface area (Å²) in [6, 6.07) is 7.59. The Morgan fingerprint density at radius 1 is 0.868 bits per heavy atom. The minimum Gasteiger partial charge on any atom is -0.478 e. The van der Waals surface area contributed by atoms with Gasteiger partial charge in [0.25, 0.3) is 0 Å². The molecule has 6 aliphatic rings. The van der Waals surface area contributed by atoms with Gasteiger partial charge in [0, 0.05) is 31.7 Å². The zero-order valence-corrected chi connectivity index (χ0v) is 36.1. The summed E-state index contributed by atoms with van der Waals surface area (Å²) in [4.78, 5) is 13.9. The monoisotopic (exact) mass is 753 g/mol. The number of benzene rings is 1. The molecule has 8 atom stereocenters. The first-order chi connectivity index (χ1) is 25.1. The molecule has 0 radical (unpaired) electrons. The van der Waals surface area contributed by atoms with Crippen LogP contribution in [0, 0.1) is 45.3 Å². The fraction of sp³-hybridized carbons (Fsp3) is 0.761. The lowest BCUT2D eigenvalue weighted by atomic mass is 9.33. The van der Waals surface area contributed by atoms with E-state index in [4.69, 9.17) is 0 Å². The third-order valence-corrected chi connectivity index (χ3v) is 17.3. The molecular formula is C46H76N2O4S. The maximum atomic E-state index is 11.9. The Kier molecular flexibility index (Phi) is 14.1. The second-order valence-corrected chi connectivity index (χ2v) is 20.4. The van der Waals surface area contributed by atoms with Crippen molar-refractivity contribution in [1.82, 2.24) is 10.2 Å². The molecule has 1 saturated heterocycles. The van der Waals surface area contributed by atoms with Crippen molar-refractivity contribution in [3.05, 3.63) is 54.1 Å². The first kappa shape index (κ1) is 43.8. The van der Waals surface area contributed by atoms with Gasteiger partial charge in [0.05, 0.1) is 17.1 Å². The van der Waals surface area contributed by atoms with Crippen molar-refractivity contribution in [1.29, 1.82) is 0 Å². The summed E-state index contributed by atoms with van der Waals surface area (Å²) in [6.07, 6.45) is 17.3. The molecule has 0 amide bonds. The number of carboxylic acid groups (broad SMARTS) is 1. The minimum absolute atomic E-state index is 0.0342. The summed E-state index contributed by atoms with van der Waals surface area (Å²) in [7, 11) is -2.83. The molecule has 5 fully saturated rings. The average molecular weight is 753 g/mol. The highest BCUT2D eigenvalue weighted by atomic mass is 32.2. The van der Waals surface area contributed by atoms with Crippen LogP contribution in [0.25, 0.3) is 5.57 Å². The smallest absolute Gasteiger partial charge is 0.335 e. The fourth-order valence-corrected chi connectivity index (χ4v) is 14.5. The molecule has 5 aliphatic carbocycles. The van der Waals surface area contributed by atoms with Gasteiger partial charge in [0.1, 0.15) is 0 Å². The molecule has 0 aromatic heterocycles. The number of fused-ring (bicyclic) bond motifs is 7. The minimum atomic E-state index is -2.83. The average Bonchev–Trinajstić information content (AvgIpc) is 3.55. The van der Waals surface area contributed by atoms with Gasteiger partial charge in [-0.25, -0.2) is 13.2 Å². The van der Waals surface area contributed by atoms with Crippen molar-refractivity contribution in [2.75, 3.05) is 37.7 Å². The number of hydrogen-bond donors (Lipinski definition) is 2. The second kappa shape index (κ2) is 17.0. The van der Waals surface area contributed by atoms with Crippen LogP contribution in [0.1, 0.15) is 149 Å². The highest BCUT2D eigenvalue weighted by Crippen LogP contribution is 2.76. The number of nitrogens with one attached hydrogen (secondary N) is 1. The van der Waals surface area contributed by atoms with Crippen molar-refractivity contribution in [3.63, 3.8) is 0 Å². The summed E-state index contributed by atoms with van der Waals surface area (Å²) in [5.74, 6) is 2.61. The van der Waals surface area contributed by atoms with Gasteiger partial charge in [0.2, 0.25) is 0 Å². The largest absolute Gasteiger partial charge is 0.478 e. The quantitative estimate of drug-likeness (QED) is 0.281. The van der Waals surface area contributed by atoms with Crippen molar-refractivity contribution in [2.45, 2.75) is 139 Å². The summed E-state index contributed by atoms with van der Waals surface area (Å²) < 4.78 is 23.9. The second-order valence-electron chi connectivity index (χ2n) is 18.1. The molecule has 1 aliphatic heterocycles. The van der Waals surface area contributed by atoms with Crippen LogP contribution in [0.15, 0.2) is 43.0 Å². The van der Waals surface area contributed by atoms with Crippen LogP contribution < -0.4 is 5.32 Å². The van der Waals surface area contributed by atoms with Gasteiger partial charge in [-0.3, -0.25) is 0 Å². The first-order valence-corrected chi connectivity index (χ1v) is 23.2. The predicted octanol–water partition coefficient (Wildman–Crippen LogP) is 10.6. The Morgan fingerprint density at radius 3 is 2.09 bits per heavy atom. The van der Waals surface area contributed by atoms with Crippen molar-refractivity contribution >= 4 is 21.4 Å². The number of hydrogen-bond acceptors (Lipinski definition) is 5. The maximum Gasteiger partial charge on any atom is 0.335 e. The molecule has 2 N–H and O–H groups in total. The molecule has 4 saturated carbocycles. The van der Waals surface area contributed by atoms with E-state index < -0.39 is 15.8 Å². The standard InChI is InChI=1S/C39H58N2O4S.C3H6.2C2H6/c1-35(2)29(27-8-10-28(11-9-27)34(42)43)14-17-36(3)32(35)15-18-38(5)33(36)13-12-30-31-7-6-16-39(31,20-19-37(30,38)4)40-21-22-41-23-25-46(44,45)26-24-41;1-3-2;2*1-2/h8-11,14,30-33,40H,6-7,12-13,15-26H2,1-5H3,(H,42,43);3H,1H2,2H3;2*1-2H3/t30?,31?,32?,33?,36?,37-,38?,39?;;;/m1.../s1. The lowest BCUT2D eigenvalue weighted by Crippen LogP contribution is -2.67. The molecule has 1 heterocycles. The summed E-state index contributed by atoms with van der Waals surface area (Å²) in [5, 5.41) is 13.6. The highest BCUT2D eigenvalue weighted by molar-refractivity contribution is 7.91. The lowest BCUT2D eigenvalue weighted by Gasteiger charge is -2.72. The third kappa shape index (κ3) is 7.88. The molecule has 1 aromatic carbocycles. The van der Waals surface area contributed by atoms with Gasteiger partial charge in [-0.15, -0.1) is 6.58 Å². The lowest BCUT2D eigenvalue weighted by molar-refractivity contribution is -0.217. The number of carbonyl (C=O) groups is 1. The number of allylic oxidation sites excluding steroid dienone is 3. The van der Waals surface area contributed by atoms with E-state index in [1.807, 2.05) is 46.8 Å². The van der Waals surface area contributed by atoms with E-state index in [1.54, 1.807) is 18.2 Å². The van der Waals surface area contributed by atoms with E-state index in [2.05, 4.69) is 57.5 Å². The molecule has 0 bridgehead atoms. The zero-order chi connectivity index (χ0) is 39.5. The molecule has 7 rings (SSSR count). The van der Waals surface area contributed by atoms with Crippen LogP contribution in [0.4, 0.5) is 0 Å². The number of carboxylic acids is 1. The Bertz CT molecular complexity index is 1540. The van der Waals surface area contributed by atoms with Crippen molar-refractivity contribution < 1.29 is 18.3 Å². The maximum absolute atomic E-state index is 11.9. The molecular weight excluding hydrogens is 677 g/mol. The highest BCUT2D eigenvalue weighted by Gasteiger charge is 2.69. The SMILES string of the molecule is C=CC.CC.CC.CC1(C)C(c2ccc(C(=O)O)cc2)=CCC2(C)C1CCC1(C)C2CCC2C3CCCC3(NCCN3CCS(=O)(=O)CC3)CC[C@]21C. The fourth-order valence-electron chi connectivity index (χ4n) is 13.2. The summed E-state index contributed by atoms with van der Waals surface area (Å²) in [6.45, 7) is 29.5. The predicted molar refractivity (Wildman–Crippen MR) is 224 cm³/mol. The Labute approximate surface area is 325 Å². The van der Waals surface area contributed by atoms with Gasteiger partial charge in [-0.2, -0.15) is 0 Å². The third-order valence-electron chi connectivity index (χ3n) is 15.7. The van der Waals surface area contributed by atoms with Crippen LogP contribution in [-0.4, -0.2) is 67.6 Å². The van der Waals surface area contributed by atoms with Crippen LogP contribution in [0.2, 0.25) is 0 Å². The molecule has 7 heteroatoms. The molecule has 0 spiro atoms. The molecule has 300 valence electrons. The van der Waals surface area contributed by atoms with E-state index in [9.17, 15) is 18.3 Å². The topological polar surface area (TPSA) is 86.7 Å². The Hall–Kier alpha value is -1.96. The molecule has 53 heavy (non-hydrogen) atoms.